The van der Waals surface area contributed by atoms with E-state index in [4.69, 9.17) is 9.84 Å². The van der Waals surface area contributed by atoms with E-state index in [-0.39, 0.29) is 0 Å². The molecule has 1 aromatic carbocycles. The molecule has 21 heavy (non-hydrogen) atoms. The summed E-state index contributed by atoms with van der Waals surface area (Å²) in [6, 6.07) is 5.06. The normalized spacial score (nSPS) is 11.0. The van der Waals surface area contributed by atoms with Crippen molar-refractivity contribution in [3.63, 3.8) is 0 Å². The van der Waals surface area contributed by atoms with Gasteiger partial charge in [-0.3, -0.25) is 0 Å². The third-order valence-corrected chi connectivity index (χ3v) is 3.42. The van der Waals surface area contributed by atoms with Crippen LogP contribution in [0.15, 0.2) is 30.4 Å². The van der Waals surface area contributed by atoms with Crippen molar-refractivity contribution in [2.24, 2.45) is 0 Å². The van der Waals surface area contributed by atoms with Crippen LogP contribution in [-0.4, -0.2) is 17.7 Å². The van der Waals surface area contributed by atoms with E-state index >= 15 is 0 Å². The molecule has 0 spiro atoms. The van der Waals surface area contributed by atoms with Gasteiger partial charge in [0.1, 0.15) is 12.4 Å². The molecule has 0 amide bonds. The smallest absolute Gasteiger partial charge is 0.335 e. The standard InChI is InChI=1S/C18H26O3/c1-3-4-5-6-7-8-9-10-13-21-16-11-12-17(18(19)20)15(2)14-16/h9-12,14H,3-8,13H2,1-2H3,(H,19,20). The summed E-state index contributed by atoms with van der Waals surface area (Å²) < 4.78 is 5.59. The fraction of sp³-hybridized carbons (Fsp3) is 0.500. The van der Waals surface area contributed by atoms with Gasteiger partial charge in [-0.2, -0.15) is 0 Å². The molecule has 3 heteroatoms. The lowest BCUT2D eigenvalue weighted by Crippen LogP contribution is -2.00. The molecule has 0 bridgehead atoms. The minimum atomic E-state index is -0.901. The summed E-state index contributed by atoms with van der Waals surface area (Å²) in [4.78, 5) is 10.9. The number of rotatable bonds is 10. The molecule has 0 saturated heterocycles. The van der Waals surface area contributed by atoms with Crippen LogP contribution in [0.1, 0.15) is 61.4 Å². The largest absolute Gasteiger partial charge is 0.490 e. The zero-order valence-corrected chi connectivity index (χ0v) is 13.1. The fourth-order valence-corrected chi connectivity index (χ4v) is 2.16. The number of unbranched alkanes of at least 4 members (excludes halogenated alkanes) is 5. The first-order chi connectivity index (χ1) is 10.1. The molecule has 1 aromatic rings. The number of allylic oxidation sites excluding steroid dienone is 1. The summed E-state index contributed by atoms with van der Waals surface area (Å²) in [5.41, 5.74) is 1.05. The van der Waals surface area contributed by atoms with E-state index in [1.807, 2.05) is 6.08 Å². The van der Waals surface area contributed by atoms with Crippen LogP contribution >= 0.6 is 0 Å². The number of ether oxygens (including phenoxy) is 1. The van der Waals surface area contributed by atoms with Gasteiger partial charge in [0, 0.05) is 0 Å². The molecule has 0 aliphatic rings. The molecule has 0 heterocycles. The van der Waals surface area contributed by atoms with Crippen molar-refractivity contribution < 1.29 is 14.6 Å². The average molecular weight is 290 g/mol. The summed E-state index contributed by atoms with van der Waals surface area (Å²) in [6.07, 6.45) is 11.8. The number of carboxylic acids is 1. The number of aryl methyl sites for hydroxylation is 1. The van der Waals surface area contributed by atoms with E-state index in [1.54, 1.807) is 25.1 Å². The molecule has 1 N–H and O–H groups in total. The molecule has 0 fully saturated rings. The van der Waals surface area contributed by atoms with E-state index in [2.05, 4.69) is 13.0 Å². The number of carboxylic acid groups (broad SMARTS) is 1. The van der Waals surface area contributed by atoms with Crippen LogP contribution in [0.2, 0.25) is 0 Å². The lowest BCUT2D eigenvalue weighted by Gasteiger charge is -2.06. The number of aromatic carboxylic acids is 1. The third kappa shape index (κ3) is 6.98. The van der Waals surface area contributed by atoms with Crippen molar-refractivity contribution in [3.05, 3.63) is 41.5 Å². The highest BCUT2D eigenvalue weighted by molar-refractivity contribution is 5.89. The minimum Gasteiger partial charge on any atom is -0.490 e. The Morgan fingerprint density at radius 1 is 1.19 bits per heavy atom. The summed E-state index contributed by atoms with van der Waals surface area (Å²) in [6.45, 7) is 4.53. The van der Waals surface area contributed by atoms with Crippen molar-refractivity contribution in [1.29, 1.82) is 0 Å². The van der Waals surface area contributed by atoms with Gasteiger partial charge in [0.05, 0.1) is 5.56 Å². The molecule has 116 valence electrons. The van der Waals surface area contributed by atoms with Crippen LogP contribution < -0.4 is 4.74 Å². The second-order valence-corrected chi connectivity index (χ2v) is 5.27. The fourth-order valence-electron chi connectivity index (χ4n) is 2.16. The molecule has 0 radical (unpaired) electrons. The van der Waals surface area contributed by atoms with Gasteiger partial charge in [-0.05, 0) is 43.5 Å². The Hall–Kier alpha value is -1.77. The first-order valence-electron chi connectivity index (χ1n) is 7.77. The Balaban J connectivity index is 2.23. The first kappa shape index (κ1) is 17.3. The highest BCUT2D eigenvalue weighted by Gasteiger charge is 2.07. The van der Waals surface area contributed by atoms with Gasteiger partial charge in [0.25, 0.3) is 0 Å². The Kier molecular flexibility index (Phi) is 8.25. The Morgan fingerprint density at radius 3 is 2.62 bits per heavy atom. The Bertz CT molecular complexity index is 464. The minimum absolute atomic E-state index is 0.324. The van der Waals surface area contributed by atoms with Gasteiger partial charge in [-0.25, -0.2) is 4.79 Å². The van der Waals surface area contributed by atoms with E-state index in [0.29, 0.717) is 17.9 Å². The molecule has 0 unspecified atom stereocenters. The molecule has 0 aliphatic heterocycles. The lowest BCUT2D eigenvalue weighted by atomic mass is 10.1. The van der Waals surface area contributed by atoms with Crippen LogP contribution in [0.3, 0.4) is 0 Å². The van der Waals surface area contributed by atoms with Gasteiger partial charge in [0.15, 0.2) is 0 Å². The maximum Gasteiger partial charge on any atom is 0.335 e. The van der Waals surface area contributed by atoms with E-state index in [9.17, 15) is 4.79 Å². The second kappa shape index (κ2) is 10.0. The first-order valence-corrected chi connectivity index (χ1v) is 7.77. The van der Waals surface area contributed by atoms with E-state index < -0.39 is 5.97 Å². The zero-order chi connectivity index (χ0) is 15.5. The van der Waals surface area contributed by atoms with E-state index in [1.165, 1.54) is 32.1 Å². The highest BCUT2D eigenvalue weighted by atomic mass is 16.5. The number of hydrogen-bond donors (Lipinski definition) is 1. The SMILES string of the molecule is CCCCCCCC=CCOc1ccc(C(=O)O)c(C)c1. The number of hydrogen-bond acceptors (Lipinski definition) is 2. The summed E-state index contributed by atoms with van der Waals surface area (Å²) in [5.74, 6) is -0.188. The molecule has 0 aromatic heterocycles. The van der Waals surface area contributed by atoms with Gasteiger partial charge in [-0.15, -0.1) is 0 Å². The lowest BCUT2D eigenvalue weighted by molar-refractivity contribution is 0.0696. The van der Waals surface area contributed by atoms with Crippen molar-refractivity contribution in [2.45, 2.75) is 52.4 Å². The van der Waals surface area contributed by atoms with Gasteiger partial charge < -0.3 is 9.84 Å². The molecule has 1 rings (SSSR count). The Labute approximate surface area is 127 Å². The van der Waals surface area contributed by atoms with Crippen molar-refractivity contribution in [3.8, 4) is 5.75 Å². The van der Waals surface area contributed by atoms with Crippen LogP contribution in [0.25, 0.3) is 0 Å². The molecule has 0 atom stereocenters. The van der Waals surface area contributed by atoms with Gasteiger partial charge in [-0.1, -0.05) is 44.8 Å². The highest BCUT2D eigenvalue weighted by Crippen LogP contribution is 2.17. The quantitative estimate of drug-likeness (QED) is 0.488. The third-order valence-electron chi connectivity index (χ3n) is 3.42. The second-order valence-electron chi connectivity index (χ2n) is 5.27. The average Bonchev–Trinajstić information content (AvgIpc) is 2.45. The van der Waals surface area contributed by atoms with Crippen LogP contribution in [-0.2, 0) is 0 Å². The van der Waals surface area contributed by atoms with Crippen molar-refractivity contribution in [1.82, 2.24) is 0 Å². The number of carbonyl (C=O) groups is 1. The zero-order valence-electron chi connectivity index (χ0n) is 13.1. The van der Waals surface area contributed by atoms with Gasteiger partial charge in [0.2, 0.25) is 0 Å². The summed E-state index contributed by atoms with van der Waals surface area (Å²) in [7, 11) is 0. The summed E-state index contributed by atoms with van der Waals surface area (Å²) in [5, 5.41) is 8.96. The van der Waals surface area contributed by atoms with Crippen molar-refractivity contribution in [2.75, 3.05) is 6.61 Å². The predicted molar refractivity (Wildman–Crippen MR) is 86.1 cm³/mol. The molecular weight excluding hydrogens is 264 g/mol. The Morgan fingerprint density at radius 2 is 1.95 bits per heavy atom. The molecule has 0 aliphatic carbocycles. The van der Waals surface area contributed by atoms with Crippen LogP contribution in [0, 0.1) is 6.92 Å². The summed E-state index contributed by atoms with van der Waals surface area (Å²) >= 11 is 0. The van der Waals surface area contributed by atoms with E-state index in [0.717, 1.165) is 12.0 Å². The van der Waals surface area contributed by atoms with Gasteiger partial charge >= 0.3 is 5.97 Å². The maximum absolute atomic E-state index is 10.9. The molecule has 3 nitrogen and oxygen atoms in total. The maximum atomic E-state index is 10.9. The van der Waals surface area contributed by atoms with Crippen molar-refractivity contribution >= 4 is 5.97 Å². The van der Waals surface area contributed by atoms with Crippen LogP contribution in [0.4, 0.5) is 0 Å². The van der Waals surface area contributed by atoms with Crippen LogP contribution in [0.5, 0.6) is 5.75 Å². The molecule has 0 saturated carbocycles. The predicted octanol–water partition coefficient (Wildman–Crippen LogP) is 4.99. The molecular formula is C18H26O3. The number of benzene rings is 1. The monoisotopic (exact) mass is 290 g/mol. The topological polar surface area (TPSA) is 46.5 Å².